The molecule has 1 saturated heterocycles. The highest BCUT2D eigenvalue weighted by Gasteiger charge is 2.39. The molecule has 0 unspecified atom stereocenters. The maximum absolute atomic E-state index is 13.0. The number of aryl methyl sites for hydroxylation is 2. The van der Waals surface area contributed by atoms with E-state index in [1.165, 1.54) is 16.4 Å². The lowest BCUT2D eigenvalue weighted by atomic mass is 9.99. The Morgan fingerprint density at radius 3 is 2.54 bits per heavy atom. The zero-order valence-corrected chi connectivity index (χ0v) is 17.8. The van der Waals surface area contributed by atoms with E-state index >= 15 is 0 Å². The summed E-state index contributed by atoms with van der Waals surface area (Å²) in [5, 5.41) is 3.47. The second-order valence-corrected chi connectivity index (χ2v) is 9.65. The van der Waals surface area contributed by atoms with Crippen LogP contribution in [0.1, 0.15) is 42.5 Å². The molecule has 5 nitrogen and oxygen atoms in total. The van der Waals surface area contributed by atoms with Gasteiger partial charge in [-0.15, -0.1) is 0 Å². The predicted octanol–water partition coefficient (Wildman–Crippen LogP) is 3.99. The molecule has 0 aliphatic carbocycles. The molecule has 2 aromatic carbocycles. The van der Waals surface area contributed by atoms with Crippen LogP contribution >= 0.6 is 11.6 Å². The Kier molecular flexibility index (Phi) is 6.12. The lowest BCUT2D eigenvalue weighted by Gasteiger charge is -2.25. The van der Waals surface area contributed by atoms with Crippen molar-refractivity contribution in [3.63, 3.8) is 0 Å². The lowest BCUT2D eigenvalue weighted by Crippen LogP contribution is -2.46. The lowest BCUT2D eigenvalue weighted by molar-refractivity contribution is -0.124. The largest absolute Gasteiger partial charge is 0.348 e. The first-order chi connectivity index (χ1) is 13.2. The molecule has 1 aliphatic heterocycles. The van der Waals surface area contributed by atoms with Crippen LogP contribution in [0.5, 0.6) is 0 Å². The number of carbonyl (C=O) groups excluding carboxylic acids is 1. The standard InChI is InChI=1S/C21H25ClN2O3S/c1-14-6-7-15(2)19(13-14)16(3)23-21(25)20-5-4-12-24(20)28(26,27)18-10-8-17(22)9-11-18/h6-11,13,16,20H,4-5,12H2,1-3H3,(H,23,25)/t16-,20+/m1/s1. The Morgan fingerprint density at radius 1 is 1.18 bits per heavy atom. The van der Waals surface area contributed by atoms with Gasteiger partial charge in [0.2, 0.25) is 15.9 Å². The Hall–Kier alpha value is -1.89. The van der Waals surface area contributed by atoms with Gasteiger partial charge in [-0.25, -0.2) is 8.42 Å². The van der Waals surface area contributed by atoms with Crippen LogP contribution in [0.15, 0.2) is 47.4 Å². The van der Waals surface area contributed by atoms with Gasteiger partial charge in [0, 0.05) is 11.6 Å². The third kappa shape index (κ3) is 4.24. The zero-order chi connectivity index (χ0) is 20.5. The van der Waals surface area contributed by atoms with Crippen LogP contribution in [-0.2, 0) is 14.8 Å². The molecule has 0 bridgehead atoms. The molecule has 1 N–H and O–H groups in total. The monoisotopic (exact) mass is 420 g/mol. The van der Waals surface area contributed by atoms with Crippen LogP contribution < -0.4 is 5.32 Å². The fourth-order valence-corrected chi connectivity index (χ4v) is 5.43. The molecule has 2 atom stereocenters. The first-order valence-electron chi connectivity index (χ1n) is 9.35. The van der Waals surface area contributed by atoms with Crippen molar-refractivity contribution < 1.29 is 13.2 Å². The Morgan fingerprint density at radius 2 is 1.86 bits per heavy atom. The maximum Gasteiger partial charge on any atom is 0.243 e. The van der Waals surface area contributed by atoms with Crippen molar-refractivity contribution >= 4 is 27.5 Å². The van der Waals surface area contributed by atoms with E-state index in [2.05, 4.69) is 11.4 Å². The normalized spacial score (nSPS) is 18.8. The summed E-state index contributed by atoms with van der Waals surface area (Å²) in [5.74, 6) is -0.261. The molecule has 2 aromatic rings. The van der Waals surface area contributed by atoms with E-state index in [4.69, 9.17) is 11.6 Å². The van der Waals surface area contributed by atoms with Gasteiger partial charge >= 0.3 is 0 Å². The highest BCUT2D eigenvalue weighted by molar-refractivity contribution is 7.89. The van der Waals surface area contributed by atoms with Crippen molar-refractivity contribution in [1.82, 2.24) is 9.62 Å². The summed E-state index contributed by atoms with van der Waals surface area (Å²) in [6.45, 7) is 6.27. The van der Waals surface area contributed by atoms with Crippen LogP contribution in [0.2, 0.25) is 5.02 Å². The van der Waals surface area contributed by atoms with Gasteiger partial charge in [0.05, 0.1) is 10.9 Å². The van der Waals surface area contributed by atoms with Gasteiger partial charge in [-0.3, -0.25) is 4.79 Å². The number of amides is 1. The second-order valence-electron chi connectivity index (χ2n) is 7.32. The van der Waals surface area contributed by atoms with Gasteiger partial charge < -0.3 is 5.32 Å². The fraction of sp³-hybridized carbons (Fsp3) is 0.381. The summed E-state index contributed by atoms with van der Waals surface area (Å²) >= 11 is 5.87. The molecule has 7 heteroatoms. The molecule has 150 valence electrons. The van der Waals surface area contributed by atoms with E-state index in [9.17, 15) is 13.2 Å². The van der Waals surface area contributed by atoms with Gasteiger partial charge in [0.25, 0.3) is 0 Å². The molecule has 28 heavy (non-hydrogen) atoms. The van der Waals surface area contributed by atoms with Crippen molar-refractivity contribution in [3.8, 4) is 0 Å². The van der Waals surface area contributed by atoms with Crippen LogP contribution in [0.25, 0.3) is 0 Å². The summed E-state index contributed by atoms with van der Waals surface area (Å²) in [6.07, 6.45) is 1.17. The Labute approximate surface area is 171 Å². The first-order valence-corrected chi connectivity index (χ1v) is 11.2. The van der Waals surface area contributed by atoms with Crippen LogP contribution in [-0.4, -0.2) is 31.2 Å². The Balaban J connectivity index is 1.79. The summed E-state index contributed by atoms with van der Waals surface area (Å²) < 4.78 is 27.3. The van der Waals surface area contributed by atoms with Gasteiger partial charge in [-0.2, -0.15) is 4.31 Å². The zero-order valence-electron chi connectivity index (χ0n) is 16.3. The van der Waals surface area contributed by atoms with E-state index in [1.54, 1.807) is 12.1 Å². The fourth-order valence-electron chi connectivity index (χ4n) is 3.65. The average molecular weight is 421 g/mol. The molecule has 0 aromatic heterocycles. The molecule has 1 fully saturated rings. The van der Waals surface area contributed by atoms with Gasteiger partial charge in [-0.1, -0.05) is 35.4 Å². The van der Waals surface area contributed by atoms with E-state index in [-0.39, 0.29) is 16.8 Å². The quantitative estimate of drug-likeness (QED) is 0.795. The summed E-state index contributed by atoms with van der Waals surface area (Å²) in [5.41, 5.74) is 3.25. The van der Waals surface area contributed by atoms with E-state index in [0.29, 0.717) is 24.4 Å². The summed E-state index contributed by atoms with van der Waals surface area (Å²) in [4.78, 5) is 13.1. The Bertz CT molecular complexity index is 974. The third-order valence-electron chi connectivity index (χ3n) is 5.19. The minimum Gasteiger partial charge on any atom is -0.348 e. The minimum absolute atomic E-state index is 0.152. The van der Waals surface area contributed by atoms with Crippen molar-refractivity contribution in [3.05, 3.63) is 64.2 Å². The minimum atomic E-state index is -3.75. The molecule has 1 aliphatic rings. The summed E-state index contributed by atoms with van der Waals surface area (Å²) in [6, 6.07) is 11.3. The topological polar surface area (TPSA) is 66.5 Å². The molecule has 1 amide bonds. The van der Waals surface area contributed by atoms with Gasteiger partial charge in [0.1, 0.15) is 6.04 Å². The summed E-state index contributed by atoms with van der Waals surface area (Å²) in [7, 11) is -3.75. The van der Waals surface area contributed by atoms with Crippen LogP contribution in [0, 0.1) is 13.8 Å². The highest BCUT2D eigenvalue weighted by Crippen LogP contribution is 2.28. The molecule has 0 spiro atoms. The van der Waals surface area contributed by atoms with E-state index < -0.39 is 16.1 Å². The molecule has 3 rings (SSSR count). The molecule has 1 heterocycles. The number of nitrogens with zero attached hydrogens (tertiary/aromatic N) is 1. The second kappa shape index (κ2) is 8.23. The molecular formula is C21H25ClN2O3S. The third-order valence-corrected chi connectivity index (χ3v) is 7.36. The number of rotatable bonds is 5. The average Bonchev–Trinajstić information content (AvgIpc) is 3.15. The van der Waals surface area contributed by atoms with Crippen molar-refractivity contribution in [2.45, 2.75) is 50.6 Å². The van der Waals surface area contributed by atoms with E-state index in [0.717, 1.165) is 16.7 Å². The SMILES string of the molecule is Cc1ccc(C)c([C@@H](C)NC(=O)[C@@H]2CCCN2S(=O)(=O)c2ccc(Cl)cc2)c1. The maximum atomic E-state index is 13.0. The molecule has 0 saturated carbocycles. The van der Waals surface area contributed by atoms with Crippen molar-refractivity contribution in [2.24, 2.45) is 0 Å². The molecule has 0 radical (unpaired) electrons. The van der Waals surface area contributed by atoms with Crippen molar-refractivity contribution in [1.29, 1.82) is 0 Å². The number of hydrogen-bond acceptors (Lipinski definition) is 3. The highest BCUT2D eigenvalue weighted by atomic mass is 35.5. The van der Waals surface area contributed by atoms with Gasteiger partial charge in [-0.05, 0) is 69.0 Å². The molecular weight excluding hydrogens is 396 g/mol. The van der Waals surface area contributed by atoms with Crippen LogP contribution in [0.4, 0.5) is 0 Å². The number of nitrogens with one attached hydrogen (secondary N) is 1. The number of halogens is 1. The number of hydrogen-bond donors (Lipinski definition) is 1. The van der Waals surface area contributed by atoms with Gasteiger partial charge in [0.15, 0.2) is 0 Å². The van der Waals surface area contributed by atoms with Crippen molar-refractivity contribution in [2.75, 3.05) is 6.54 Å². The predicted molar refractivity (Wildman–Crippen MR) is 111 cm³/mol. The smallest absolute Gasteiger partial charge is 0.243 e. The number of sulfonamides is 1. The van der Waals surface area contributed by atoms with Crippen LogP contribution in [0.3, 0.4) is 0 Å². The number of carbonyl (C=O) groups is 1. The van der Waals surface area contributed by atoms with E-state index in [1.807, 2.05) is 32.9 Å². The first kappa shape index (κ1) is 20.8. The number of benzene rings is 2.